The standard InChI is InChI=1S/C15H18N4OS/c20-14(17-12-6-2-1-3-7-12)19-15-18-13(10-21-15)11-5-4-8-16-9-11/h1-3,6-7,10-11,16H,4-5,8-9H2,(H2,17,18,19,20)/t11-/m1/s1. The first-order valence-corrected chi connectivity index (χ1v) is 7.98. The Kier molecular flexibility index (Phi) is 4.47. The number of anilines is 2. The summed E-state index contributed by atoms with van der Waals surface area (Å²) < 4.78 is 0. The minimum Gasteiger partial charge on any atom is -0.316 e. The highest BCUT2D eigenvalue weighted by Gasteiger charge is 2.18. The van der Waals surface area contributed by atoms with Gasteiger partial charge in [-0.1, -0.05) is 18.2 Å². The lowest BCUT2D eigenvalue weighted by Gasteiger charge is -2.20. The monoisotopic (exact) mass is 302 g/mol. The molecule has 3 rings (SSSR count). The molecule has 2 aromatic rings. The highest BCUT2D eigenvalue weighted by atomic mass is 32.1. The summed E-state index contributed by atoms with van der Waals surface area (Å²) in [6.45, 7) is 2.06. The zero-order valence-electron chi connectivity index (χ0n) is 11.6. The van der Waals surface area contributed by atoms with Crippen LogP contribution in [0.25, 0.3) is 0 Å². The minimum atomic E-state index is -0.260. The fourth-order valence-corrected chi connectivity index (χ4v) is 3.20. The fourth-order valence-electron chi connectivity index (χ4n) is 2.42. The number of nitrogens with zero attached hydrogens (tertiary/aromatic N) is 1. The fraction of sp³-hybridized carbons (Fsp3) is 0.333. The number of carbonyl (C=O) groups excluding carboxylic acids is 1. The van der Waals surface area contributed by atoms with Gasteiger partial charge < -0.3 is 10.6 Å². The van der Waals surface area contributed by atoms with Crippen molar-refractivity contribution in [2.24, 2.45) is 0 Å². The Morgan fingerprint density at radius 2 is 2.14 bits per heavy atom. The van der Waals surface area contributed by atoms with E-state index in [9.17, 15) is 4.79 Å². The maximum Gasteiger partial charge on any atom is 0.325 e. The molecule has 0 saturated carbocycles. The smallest absolute Gasteiger partial charge is 0.316 e. The van der Waals surface area contributed by atoms with Crippen molar-refractivity contribution < 1.29 is 4.79 Å². The van der Waals surface area contributed by atoms with E-state index in [-0.39, 0.29) is 6.03 Å². The number of urea groups is 1. The summed E-state index contributed by atoms with van der Waals surface area (Å²) in [6, 6.07) is 9.11. The van der Waals surface area contributed by atoms with Gasteiger partial charge in [-0.05, 0) is 31.5 Å². The Bertz CT molecular complexity index is 593. The zero-order valence-corrected chi connectivity index (χ0v) is 12.5. The van der Waals surface area contributed by atoms with Crippen molar-refractivity contribution in [1.82, 2.24) is 10.3 Å². The van der Waals surface area contributed by atoms with Crippen LogP contribution in [0.5, 0.6) is 0 Å². The molecule has 1 aliphatic heterocycles. The Morgan fingerprint density at radius 1 is 1.29 bits per heavy atom. The second kappa shape index (κ2) is 6.69. The number of carbonyl (C=O) groups is 1. The Hall–Kier alpha value is -1.92. The van der Waals surface area contributed by atoms with E-state index in [1.165, 1.54) is 17.8 Å². The van der Waals surface area contributed by atoms with Gasteiger partial charge in [-0.15, -0.1) is 11.3 Å². The molecule has 110 valence electrons. The molecule has 1 saturated heterocycles. The van der Waals surface area contributed by atoms with Gasteiger partial charge in [0.15, 0.2) is 5.13 Å². The number of thiazole rings is 1. The van der Waals surface area contributed by atoms with Gasteiger partial charge in [0.25, 0.3) is 0 Å². The predicted octanol–water partition coefficient (Wildman–Crippen LogP) is 3.25. The van der Waals surface area contributed by atoms with Gasteiger partial charge in [0, 0.05) is 23.5 Å². The maximum atomic E-state index is 11.9. The average Bonchev–Trinajstić information content (AvgIpc) is 2.97. The second-order valence-corrected chi connectivity index (χ2v) is 5.92. The van der Waals surface area contributed by atoms with Gasteiger partial charge in [0.1, 0.15) is 0 Å². The molecule has 1 aliphatic rings. The molecule has 1 aromatic carbocycles. The number of hydrogen-bond acceptors (Lipinski definition) is 4. The van der Waals surface area contributed by atoms with E-state index in [1.807, 2.05) is 35.7 Å². The zero-order chi connectivity index (χ0) is 14.5. The van der Waals surface area contributed by atoms with Crippen molar-refractivity contribution in [3.05, 3.63) is 41.4 Å². The van der Waals surface area contributed by atoms with Gasteiger partial charge in [-0.2, -0.15) is 0 Å². The lowest BCUT2D eigenvalue weighted by Crippen LogP contribution is -2.28. The number of rotatable bonds is 3. The van der Waals surface area contributed by atoms with Crippen molar-refractivity contribution in [3.8, 4) is 0 Å². The van der Waals surface area contributed by atoms with Crippen LogP contribution in [0.3, 0.4) is 0 Å². The Labute approximate surface area is 127 Å². The van der Waals surface area contributed by atoms with E-state index < -0.39 is 0 Å². The van der Waals surface area contributed by atoms with Gasteiger partial charge in [0.05, 0.1) is 5.69 Å². The summed E-state index contributed by atoms with van der Waals surface area (Å²) in [6.07, 6.45) is 2.34. The third-order valence-corrected chi connectivity index (χ3v) is 4.27. The molecule has 2 amide bonds. The van der Waals surface area contributed by atoms with Gasteiger partial charge >= 0.3 is 6.03 Å². The first-order chi connectivity index (χ1) is 10.3. The van der Waals surface area contributed by atoms with Crippen LogP contribution in [0, 0.1) is 0 Å². The summed E-state index contributed by atoms with van der Waals surface area (Å²) in [5.41, 5.74) is 1.84. The number of aromatic nitrogens is 1. The van der Waals surface area contributed by atoms with Crippen LogP contribution in [-0.2, 0) is 0 Å². The molecule has 1 aromatic heterocycles. The van der Waals surface area contributed by atoms with Crippen molar-refractivity contribution in [2.45, 2.75) is 18.8 Å². The molecule has 5 nitrogen and oxygen atoms in total. The molecule has 0 aliphatic carbocycles. The molecular weight excluding hydrogens is 284 g/mol. The number of benzene rings is 1. The summed E-state index contributed by atoms with van der Waals surface area (Å²) in [7, 11) is 0. The maximum absolute atomic E-state index is 11.9. The first kappa shape index (κ1) is 14.0. The molecule has 6 heteroatoms. The summed E-state index contributed by atoms with van der Waals surface area (Å²) in [5, 5.41) is 11.6. The van der Waals surface area contributed by atoms with Crippen LogP contribution in [0.4, 0.5) is 15.6 Å². The Morgan fingerprint density at radius 3 is 2.90 bits per heavy atom. The molecule has 3 N–H and O–H groups in total. The molecule has 1 fully saturated rings. The molecular formula is C15H18N4OS. The largest absolute Gasteiger partial charge is 0.325 e. The average molecular weight is 302 g/mol. The summed E-state index contributed by atoms with van der Waals surface area (Å²) in [4.78, 5) is 16.4. The van der Waals surface area contributed by atoms with Crippen molar-refractivity contribution in [1.29, 1.82) is 0 Å². The van der Waals surface area contributed by atoms with Crippen LogP contribution in [0.2, 0.25) is 0 Å². The molecule has 0 unspecified atom stereocenters. The SMILES string of the molecule is O=C(Nc1ccccc1)Nc1nc([C@@H]2CCCNC2)cs1. The molecule has 21 heavy (non-hydrogen) atoms. The van der Waals surface area contributed by atoms with E-state index in [4.69, 9.17) is 0 Å². The minimum absolute atomic E-state index is 0.260. The number of para-hydroxylation sites is 1. The lowest BCUT2D eigenvalue weighted by atomic mass is 9.97. The predicted molar refractivity (Wildman–Crippen MR) is 86.0 cm³/mol. The molecule has 1 atom stereocenters. The third kappa shape index (κ3) is 3.80. The van der Waals surface area contributed by atoms with Crippen LogP contribution in [-0.4, -0.2) is 24.1 Å². The van der Waals surface area contributed by atoms with E-state index in [0.29, 0.717) is 11.0 Å². The highest BCUT2D eigenvalue weighted by molar-refractivity contribution is 7.13. The second-order valence-electron chi connectivity index (χ2n) is 5.07. The van der Waals surface area contributed by atoms with Crippen molar-refractivity contribution in [2.75, 3.05) is 23.7 Å². The van der Waals surface area contributed by atoms with Crippen molar-refractivity contribution in [3.63, 3.8) is 0 Å². The van der Waals surface area contributed by atoms with Crippen LogP contribution in [0.1, 0.15) is 24.5 Å². The normalized spacial score (nSPS) is 18.2. The third-order valence-electron chi connectivity index (χ3n) is 3.49. The van der Waals surface area contributed by atoms with Crippen molar-refractivity contribution >= 4 is 28.2 Å². The van der Waals surface area contributed by atoms with Crippen LogP contribution in [0.15, 0.2) is 35.7 Å². The quantitative estimate of drug-likeness (QED) is 0.815. The van der Waals surface area contributed by atoms with E-state index in [1.54, 1.807) is 0 Å². The first-order valence-electron chi connectivity index (χ1n) is 7.10. The number of nitrogens with one attached hydrogen (secondary N) is 3. The number of piperidine rings is 1. The van der Waals surface area contributed by atoms with E-state index in [2.05, 4.69) is 20.9 Å². The number of amides is 2. The number of hydrogen-bond donors (Lipinski definition) is 3. The molecule has 0 spiro atoms. The van der Waals surface area contributed by atoms with Gasteiger partial charge in [-0.25, -0.2) is 9.78 Å². The topological polar surface area (TPSA) is 66.0 Å². The van der Waals surface area contributed by atoms with Gasteiger partial charge in [0.2, 0.25) is 0 Å². The van der Waals surface area contributed by atoms with Gasteiger partial charge in [-0.3, -0.25) is 5.32 Å². The summed E-state index contributed by atoms with van der Waals surface area (Å²) in [5.74, 6) is 0.461. The van der Waals surface area contributed by atoms with E-state index in [0.717, 1.165) is 30.9 Å². The van der Waals surface area contributed by atoms with Crippen LogP contribution < -0.4 is 16.0 Å². The molecule has 0 radical (unpaired) electrons. The summed E-state index contributed by atoms with van der Waals surface area (Å²) >= 11 is 1.47. The Balaban J connectivity index is 1.57. The van der Waals surface area contributed by atoms with E-state index >= 15 is 0 Å². The van der Waals surface area contributed by atoms with Crippen LogP contribution >= 0.6 is 11.3 Å². The molecule has 2 heterocycles. The highest BCUT2D eigenvalue weighted by Crippen LogP contribution is 2.26. The lowest BCUT2D eigenvalue weighted by molar-refractivity contribution is 0.262. The molecule has 0 bridgehead atoms.